The number of rotatable bonds is 9. The Labute approximate surface area is 124 Å². The first kappa shape index (κ1) is 17.4. The molecule has 0 saturated heterocycles. The highest BCUT2D eigenvalue weighted by atomic mass is 19.1. The van der Waals surface area contributed by atoms with Crippen molar-refractivity contribution in [3.8, 4) is 5.75 Å². The smallest absolute Gasteiger partial charge is 0.347 e. The highest BCUT2D eigenvalue weighted by Gasteiger charge is 2.16. The van der Waals surface area contributed by atoms with E-state index in [4.69, 9.17) is 14.2 Å². The van der Waals surface area contributed by atoms with Crippen LogP contribution in [0.3, 0.4) is 0 Å². The molecule has 21 heavy (non-hydrogen) atoms. The molecule has 0 radical (unpaired) electrons. The molecule has 0 heterocycles. The van der Waals surface area contributed by atoms with E-state index in [2.05, 4.69) is 5.32 Å². The molecule has 0 saturated carbocycles. The van der Waals surface area contributed by atoms with Crippen molar-refractivity contribution in [2.75, 3.05) is 26.9 Å². The van der Waals surface area contributed by atoms with Gasteiger partial charge in [0.05, 0.1) is 13.2 Å². The van der Waals surface area contributed by atoms with Gasteiger partial charge >= 0.3 is 5.97 Å². The molecular formula is C15H22FNO4. The first-order chi connectivity index (χ1) is 10.1. The predicted octanol–water partition coefficient (Wildman–Crippen LogP) is 1.89. The summed E-state index contributed by atoms with van der Waals surface area (Å²) in [6.45, 7) is 5.31. The standard InChI is InChI=1S/C15H22FNO4/c1-4-20-15(18)11(2)21-14-8-12(7-13(16)9-14)10-17-5-6-19-3/h7-9,11,17H,4-6,10H2,1-3H3. The van der Waals surface area contributed by atoms with Crippen LogP contribution in [0.1, 0.15) is 19.4 Å². The van der Waals surface area contributed by atoms with Crippen molar-refractivity contribution in [1.82, 2.24) is 5.32 Å². The fourth-order valence-electron chi connectivity index (χ4n) is 1.71. The van der Waals surface area contributed by atoms with Crippen LogP contribution in [0.2, 0.25) is 0 Å². The number of benzene rings is 1. The Balaban J connectivity index is 2.62. The highest BCUT2D eigenvalue weighted by Crippen LogP contribution is 2.18. The molecule has 0 fully saturated rings. The van der Waals surface area contributed by atoms with Gasteiger partial charge in [0.2, 0.25) is 0 Å². The molecule has 1 atom stereocenters. The minimum absolute atomic E-state index is 0.282. The maximum Gasteiger partial charge on any atom is 0.347 e. The van der Waals surface area contributed by atoms with Gasteiger partial charge in [-0.05, 0) is 31.5 Å². The molecule has 5 nitrogen and oxygen atoms in total. The van der Waals surface area contributed by atoms with Crippen molar-refractivity contribution in [3.63, 3.8) is 0 Å². The first-order valence-electron chi connectivity index (χ1n) is 6.89. The maximum atomic E-state index is 13.6. The van der Waals surface area contributed by atoms with E-state index >= 15 is 0 Å². The van der Waals surface area contributed by atoms with E-state index in [1.54, 1.807) is 27.0 Å². The minimum atomic E-state index is -0.777. The SMILES string of the molecule is CCOC(=O)C(C)Oc1cc(F)cc(CNCCOC)c1. The molecular weight excluding hydrogens is 277 g/mol. The van der Waals surface area contributed by atoms with E-state index in [0.717, 1.165) is 5.56 Å². The lowest BCUT2D eigenvalue weighted by Crippen LogP contribution is -2.26. The Kier molecular flexibility index (Phi) is 7.71. The molecule has 118 valence electrons. The van der Waals surface area contributed by atoms with Crippen LogP contribution in [0.4, 0.5) is 4.39 Å². The summed E-state index contributed by atoms with van der Waals surface area (Å²) in [6, 6.07) is 4.36. The minimum Gasteiger partial charge on any atom is -0.479 e. The van der Waals surface area contributed by atoms with Crippen molar-refractivity contribution in [3.05, 3.63) is 29.6 Å². The Hall–Kier alpha value is -1.66. The van der Waals surface area contributed by atoms with Crippen LogP contribution in [0.25, 0.3) is 0 Å². The van der Waals surface area contributed by atoms with Crippen LogP contribution < -0.4 is 10.1 Å². The molecule has 1 N–H and O–H groups in total. The number of carbonyl (C=O) groups excluding carboxylic acids is 1. The zero-order valence-corrected chi connectivity index (χ0v) is 12.6. The lowest BCUT2D eigenvalue weighted by molar-refractivity contribution is -0.150. The van der Waals surface area contributed by atoms with Gasteiger partial charge in [0.1, 0.15) is 11.6 Å². The van der Waals surface area contributed by atoms with Gasteiger partial charge in [0, 0.05) is 26.3 Å². The summed E-state index contributed by atoms with van der Waals surface area (Å²) in [5, 5.41) is 3.11. The molecule has 0 aliphatic carbocycles. The number of hydrogen-bond acceptors (Lipinski definition) is 5. The summed E-state index contributed by atoms with van der Waals surface area (Å²) < 4.78 is 28.7. The van der Waals surface area contributed by atoms with E-state index in [-0.39, 0.29) is 6.61 Å². The van der Waals surface area contributed by atoms with E-state index in [1.807, 2.05) is 0 Å². The van der Waals surface area contributed by atoms with Crippen molar-refractivity contribution in [2.45, 2.75) is 26.5 Å². The number of carbonyl (C=O) groups is 1. The molecule has 0 aromatic heterocycles. The Morgan fingerprint density at radius 2 is 2.14 bits per heavy atom. The van der Waals surface area contributed by atoms with Crippen LogP contribution in [0.5, 0.6) is 5.75 Å². The van der Waals surface area contributed by atoms with E-state index in [0.29, 0.717) is 25.4 Å². The zero-order valence-electron chi connectivity index (χ0n) is 12.6. The van der Waals surface area contributed by atoms with Gasteiger partial charge < -0.3 is 19.5 Å². The molecule has 0 bridgehead atoms. The molecule has 1 unspecified atom stereocenters. The topological polar surface area (TPSA) is 56.8 Å². The molecule has 6 heteroatoms. The maximum absolute atomic E-state index is 13.6. The summed E-state index contributed by atoms with van der Waals surface area (Å²) in [7, 11) is 1.62. The largest absolute Gasteiger partial charge is 0.479 e. The van der Waals surface area contributed by atoms with E-state index in [9.17, 15) is 9.18 Å². The summed E-state index contributed by atoms with van der Waals surface area (Å²) in [5.41, 5.74) is 0.733. The fraction of sp³-hybridized carbons (Fsp3) is 0.533. The van der Waals surface area contributed by atoms with Crippen LogP contribution in [-0.2, 0) is 20.8 Å². The molecule has 1 rings (SSSR count). The third-order valence-corrected chi connectivity index (χ3v) is 2.67. The molecule has 0 spiro atoms. The predicted molar refractivity (Wildman–Crippen MR) is 76.7 cm³/mol. The third kappa shape index (κ3) is 6.55. The second kappa shape index (κ2) is 9.31. The Morgan fingerprint density at radius 3 is 2.81 bits per heavy atom. The van der Waals surface area contributed by atoms with Gasteiger partial charge in [-0.1, -0.05) is 0 Å². The highest BCUT2D eigenvalue weighted by molar-refractivity contribution is 5.74. The number of methoxy groups -OCH3 is 1. The van der Waals surface area contributed by atoms with Gasteiger partial charge in [-0.15, -0.1) is 0 Å². The summed E-state index contributed by atoms with van der Waals surface area (Å²) >= 11 is 0. The van der Waals surface area contributed by atoms with Crippen molar-refractivity contribution >= 4 is 5.97 Å². The number of halogens is 1. The van der Waals surface area contributed by atoms with Gasteiger partial charge in [-0.2, -0.15) is 0 Å². The van der Waals surface area contributed by atoms with Gasteiger partial charge in [-0.3, -0.25) is 0 Å². The molecule has 1 aromatic rings. The number of hydrogen-bond donors (Lipinski definition) is 1. The molecule has 1 aromatic carbocycles. The summed E-state index contributed by atoms with van der Waals surface area (Å²) in [5.74, 6) is -0.576. The van der Waals surface area contributed by atoms with Crippen LogP contribution in [0, 0.1) is 5.82 Å². The lowest BCUT2D eigenvalue weighted by Gasteiger charge is -2.14. The van der Waals surface area contributed by atoms with Crippen LogP contribution in [0.15, 0.2) is 18.2 Å². The monoisotopic (exact) mass is 299 g/mol. The van der Waals surface area contributed by atoms with Crippen molar-refractivity contribution in [1.29, 1.82) is 0 Å². The van der Waals surface area contributed by atoms with Crippen LogP contribution >= 0.6 is 0 Å². The van der Waals surface area contributed by atoms with Crippen molar-refractivity contribution < 1.29 is 23.4 Å². The molecule has 0 aliphatic rings. The normalized spacial score (nSPS) is 12.0. The lowest BCUT2D eigenvalue weighted by atomic mass is 10.2. The summed E-state index contributed by atoms with van der Waals surface area (Å²) in [6.07, 6.45) is -0.777. The van der Waals surface area contributed by atoms with Crippen molar-refractivity contribution in [2.24, 2.45) is 0 Å². The average Bonchev–Trinajstić information content (AvgIpc) is 2.43. The number of ether oxygens (including phenoxy) is 3. The second-order valence-corrected chi connectivity index (χ2v) is 4.48. The zero-order chi connectivity index (χ0) is 15.7. The quantitative estimate of drug-likeness (QED) is 0.557. The molecule has 0 aliphatic heterocycles. The Bertz CT molecular complexity index is 453. The Morgan fingerprint density at radius 1 is 1.38 bits per heavy atom. The van der Waals surface area contributed by atoms with Gasteiger partial charge in [0.15, 0.2) is 6.10 Å². The number of nitrogens with one attached hydrogen (secondary N) is 1. The average molecular weight is 299 g/mol. The van der Waals surface area contributed by atoms with Gasteiger partial charge in [-0.25, -0.2) is 9.18 Å². The van der Waals surface area contributed by atoms with E-state index in [1.165, 1.54) is 12.1 Å². The second-order valence-electron chi connectivity index (χ2n) is 4.48. The van der Waals surface area contributed by atoms with Gasteiger partial charge in [0.25, 0.3) is 0 Å². The fourth-order valence-corrected chi connectivity index (χ4v) is 1.71. The van der Waals surface area contributed by atoms with E-state index < -0.39 is 17.9 Å². The summed E-state index contributed by atoms with van der Waals surface area (Å²) in [4.78, 5) is 11.5. The van der Waals surface area contributed by atoms with Crippen LogP contribution in [-0.4, -0.2) is 38.9 Å². The number of esters is 1. The third-order valence-electron chi connectivity index (χ3n) is 2.67. The molecule has 0 amide bonds. The first-order valence-corrected chi connectivity index (χ1v) is 6.89.